The Morgan fingerprint density at radius 3 is 2.89 bits per heavy atom. The highest BCUT2D eigenvalue weighted by Gasteiger charge is 2.37. The highest BCUT2D eigenvalue weighted by molar-refractivity contribution is 5.99. The molecule has 0 radical (unpaired) electrons. The predicted octanol–water partition coefficient (Wildman–Crippen LogP) is 2.81. The fourth-order valence-corrected chi connectivity index (χ4v) is 3.57. The smallest absolute Gasteiger partial charge is 0.256 e. The number of hydrogen-bond donors (Lipinski definition) is 1. The lowest BCUT2D eigenvalue weighted by atomic mass is 9.91. The maximum atomic E-state index is 13.3. The standard InChI is InChI=1S/C15H19FN2O/c16-11-6-7-13(17)12(9-11)15(19)18-8-2-4-10-3-1-5-14(10)18/h6-7,9-10,14H,1-5,8,17H2. The molecular formula is C15H19FN2O. The third-order valence-electron chi connectivity index (χ3n) is 4.50. The summed E-state index contributed by atoms with van der Waals surface area (Å²) in [5.41, 5.74) is 6.50. The molecule has 3 rings (SSSR count). The van der Waals surface area contributed by atoms with Crippen molar-refractivity contribution in [1.29, 1.82) is 0 Å². The summed E-state index contributed by atoms with van der Waals surface area (Å²) in [5, 5.41) is 0. The molecule has 0 bridgehead atoms. The van der Waals surface area contributed by atoms with Gasteiger partial charge in [0.25, 0.3) is 5.91 Å². The van der Waals surface area contributed by atoms with Crippen LogP contribution in [0.25, 0.3) is 0 Å². The van der Waals surface area contributed by atoms with Gasteiger partial charge < -0.3 is 10.6 Å². The number of carbonyl (C=O) groups is 1. The largest absolute Gasteiger partial charge is 0.398 e. The van der Waals surface area contributed by atoms with Crippen molar-refractivity contribution in [1.82, 2.24) is 4.90 Å². The van der Waals surface area contributed by atoms with E-state index in [1.165, 1.54) is 37.5 Å². The molecule has 1 aliphatic carbocycles. The molecular weight excluding hydrogens is 243 g/mol. The summed E-state index contributed by atoms with van der Waals surface area (Å²) < 4.78 is 13.3. The van der Waals surface area contributed by atoms with Crippen LogP contribution in [0.4, 0.5) is 10.1 Å². The van der Waals surface area contributed by atoms with Gasteiger partial charge in [-0.05, 0) is 49.8 Å². The Bertz CT molecular complexity index is 503. The second-order valence-corrected chi connectivity index (χ2v) is 5.63. The minimum absolute atomic E-state index is 0.103. The molecule has 2 unspecified atom stereocenters. The Morgan fingerprint density at radius 2 is 2.05 bits per heavy atom. The molecule has 1 saturated heterocycles. The third kappa shape index (κ3) is 2.20. The number of rotatable bonds is 1. The number of likely N-dealkylation sites (tertiary alicyclic amines) is 1. The van der Waals surface area contributed by atoms with Crippen LogP contribution in [0.2, 0.25) is 0 Å². The van der Waals surface area contributed by atoms with Crippen LogP contribution < -0.4 is 5.73 Å². The van der Waals surface area contributed by atoms with Crippen molar-refractivity contribution in [3.05, 3.63) is 29.6 Å². The van der Waals surface area contributed by atoms with E-state index in [2.05, 4.69) is 0 Å². The average Bonchev–Trinajstić information content (AvgIpc) is 2.89. The van der Waals surface area contributed by atoms with Gasteiger partial charge in [0.1, 0.15) is 5.82 Å². The maximum absolute atomic E-state index is 13.3. The number of nitrogens with two attached hydrogens (primary N) is 1. The SMILES string of the molecule is Nc1ccc(F)cc1C(=O)N1CCCC2CCCC21. The molecule has 2 aliphatic rings. The summed E-state index contributed by atoms with van der Waals surface area (Å²) in [7, 11) is 0. The monoisotopic (exact) mass is 262 g/mol. The van der Waals surface area contributed by atoms with E-state index in [1.54, 1.807) is 0 Å². The highest BCUT2D eigenvalue weighted by Crippen LogP contribution is 2.37. The number of halogens is 1. The minimum Gasteiger partial charge on any atom is -0.398 e. The third-order valence-corrected chi connectivity index (χ3v) is 4.50. The van der Waals surface area contributed by atoms with Crippen molar-refractivity contribution in [2.45, 2.75) is 38.1 Å². The Balaban J connectivity index is 1.88. The number of nitrogens with zero attached hydrogens (tertiary/aromatic N) is 1. The molecule has 3 nitrogen and oxygen atoms in total. The summed E-state index contributed by atoms with van der Waals surface area (Å²) in [6.07, 6.45) is 5.74. The first kappa shape index (κ1) is 12.5. The number of piperidine rings is 1. The first-order chi connectivity index (χ1) is 9.16. The van der Waals surface area contributed by atoms with E-state index in [-0.39, 0.29) is 5.91 Å². The molecule has 1 aliphatic heterocycles. The summed E-state index contributed by atoms with van der Waals surface area (Å²) in [4.78, 5) is 14.5. The van der Waals surface area contributed by atoms with E-state index in [4.69, 9.17) is 5.73 Å². The van der Waals surface area contributed by atoms with E-state index in [9.17, 15) is 9.18 Å². The fraction of sp³-hybridized carbons (Fsp3) is 0.533. The van der Waals surface area contributed by atoms with Crippen molar-refractivity contribution in [3.63, 3.8) is 0 Å². The van der Waals surface area contributed by atoms with Crippen LogP contribution in [0.3, 0.4) is 0 Å². The Kier molecular flexibility index (Phi) is 3.17. The second-order valence-electron chi connectivity index (χ2n) is 5.63. The normalized spacial score (nSPS) is 26.3. The fourth-order valence-electron chi connectivity index (χ4n) is 3.57. The lowest BCUT2D eigenvalue weighted by Crippen LogP contribution is -2.46. The van der Waals surface area contributed by atoms with Gasteiger partial charge in [0, 0.05) is 18.3 Å². The van der Waals surface area contributed by atoms with Crippen LogP contribution >= 0.6 is 0 Å². The van der Waals surface area contributed by atoms with Gasteiger partial charge in [-0.15, -0.1) is 0 Å². The molecule has 1 aromatic rings. The number of carbonyl (C=O) groups excluding carboxylic acids is 1. The van der Waals surface area contributed by atoms with Crippen molar-refractivity contribution in [2.24, 2.45) is 5.92 Å². The van der Waals surface area contributed by atoms with Crippen molar-refractivity contribution < 1.29 is 9.18 Å². The van der Waals surface area contributed by atoms with Gasteiger partial charge in [0.15, 0.2) is 0 Å². The second kappa shape index (κ2) is 4.83. The van der Waals surface area contributed by atoms with Gasteiger partial charge in [-0.2, -0.15) is 0 Å². The topological polar surface area (TPSA) is 46.3 Å². The molecule has 4 heteroatoms. The zero-order valence-corrected chi connectivity index (χ0v) is 10.9. The van der Waals surface area contributed by atoms with Crippen LogP contribution in [-0.4, -0.2) is 23.4 Å². The van der Waals surface area contributed by atoms with Crippen molar-refractivity contribution in [3.8, 4) is 0 Å². The number of benzene rings is 1. The number of nitrogen functional groups attached to an aromatic ring is 1. The summed E-state index contributed by atoms with van der Waals surface area (Å²) in [6.45, 7) is 0.774. The van der Waals surface area contributed by atoms with E-state index in [1.807, 2.05) is 4.90 Å². The van der Waals surface area contributed by atoms with Crippen LogP contribution in [-0.2, 0) is 0 Å². The quantitative estimate of drug-likeness (QED) is 0.791. The van der Waals surface area contributed by atoms with E-state index in [0.717, 1.165) is 19.4 Å². The van der Waals surface area contributed by atoms with Gasteiger partial charge in [0.2, 0.25) is 0 Å². The van der Waals surface area contributed by atoms with Crippen LogP contribution in [0.1, 0.15) is 42.5 Å². The van der Waals surface area contributed by atoms with Gasteiger partial charge in [-0.25, -0.2) is 4.39 Å². The molecule has 2 fully saturated rings. The molecule has 19 heavy (non-hydrogen) atoms. The minimum atomic E-state index is -0.405. The van der Waals surface area contributed by atoms with Crippen LogP contribution in [0.5, 0.6) is 0 Å². The first-order valence-corrected chi connectivity index (χ1v) is 7.03. The highest BCUT2D eigenvalue weighted by atomic mass is 19.1. The summed E-state index contributed by atoms with van der Waals surface area (Å²) >= 11 is 0. The molecule has 2 N–H and O–H groups in total. The maximum Gasteiger partial charge on any atom is 0.256 e. The lowest BCUT2D eigenvalue weighted by molar-refractivity contribution is 0.0549. The number of anilines is 1. The van der Waals surface area contributed by atoms with Gasteiger partial charge in [-0.1, -0.05) is 6.42 Å². The van der Waals surface area contributed by atoms with Gasteiger partial charge >= 0.3 is 0 Å². The lowest BCUT2D eigenvalue weighted by Gasteiger charge is -2.38. The molecule has 2 atom stereocenters. The Hall–Kier alpha value is -1.58. The summed E-state index contributed by atoms with van der Waals surface area (Å²) in [6, 6.07) is 4.36. The Labute approximate surface area is 112 Å². The van der Waals surface area contributed by atoms with Gasteiger partial charge in [-0.3, -0.25) is 4.79 Å². The van der Waals surface area contributed by atoms with Gasteiger partial charge in [0.05, 0.1) is 5.56 Å². The van der Waals surface area contributed by atoms with E-state index < -0.39 is 5.82 Å². The number of hydrogen-bond acceptors (Lipinski definition) is 2. The van der Waals surface area contributed by atoms with Crippen LogP contribution in [0, 0.1) is 11.7 Å². The Morgan fingerprint density at radius 1 is 1.26 bits per heavy atom. The number of amides is 1. The van der Waals surface area contributed by atoms with E-state index in [0.29, 0.717) is 23.2 Å². The first-order valence-electron chi connectivity index (χ1n) is 7.03. The molecule has 1 heterocycles. The number of fused-ring (bicyclic) bond motifs is 1. The predicted molar refractivity (Wildman–Crippen MR) is 72.2 cm³/mol. The molecule has 102 valence electrons. The van der Waals surface area contributed by atoms with Crippen molar-refractivity contribution in [2.75, 3.05) is 12.3 Å². The molecule has 0 spiro atoms. The summed E-state index contributed by atoms with van der Waals surface area (Å²) in [5.74, 6) is 0.124. The van der Waals surface area contributed by atoms with Crippen LogP contribution in [0.15, 0.2) is 18.2 Å². The molecule has 1 saturated carbocycles. The molecule has 0 aromatic heterocycles. The zero-order chi connectivity index (χ0) is 13.4. The molecule has 1 amide bonds. The average molecular weight is 262 g/mol. The van der Waals surface area contributed by atoms with E-state index >= 15 is 0 Å². The molecule has 1 aromatic carbocycles. The zero-order valence-electron chi connectivity index (χ0n) is 10.9. The van der Waals surface area contributed by atoms with Crippen molar-refractivity contribution >= 4 is 11.6 Å².